The fourth-order valence-corrected chi connectivity index (χ4v) is 2.04. The lowest BCUT2D eigenvalue weighted by Gasteiger charge is -2.21. The van der Waals surface area contributed by atoms with Crippen molar-refractivity contribution in [3.63, 3.8) is 0 Å². The Hall–Kier alpha value is -2.02. The molecule has 0 aliphatic carbocycles. The molecule has 6 nitrogen and oxygen atoms in total. The molecule has 19 heavy (non-hydrogen) atoms. The predicted molar refractivity (Wildman–Crippen MR) is 67.3 cm³/mol. The molecule has 2 N–H and O–H groups in total. The highest BCUT2D eigenvalue weighted by atomic mass is 19.1. The van der Waals surface area contributed by atoms with E-state index in [-0.39, 0.29) is 23.2 Å². The van der Waals surface area contributed by atoms with Crippen LogP contribution in [0.3, 0.4) is 0 Å². The summed E-state index contributed by atoms with van der Waals surface area (Å²) in [6.07, 6.45) is 1.42. The van der Waals surface area contributed by atoms with Crippen molar-refractivity contribution in [2.75, 3.05) is 18.4 Å². The average Bonchev–Trinajstić information content (AvgIpc) is 2.41. The smallest absolute Gasteiger partial charge is 0.272 e. The summed E-state index contributed by atoms with van der Waals surface area (Å²) in [4.78, 5) is 21.7. The maximum Gasteiger partial charge on any atom is 0.272 e. The summed E-state index contributed by atoms with van der Waals surface area (Å²) in [6.45, 7) is 1.53. The van der Waals surface area contributed by atoms with Crippen molar-refractivity contribution in [2.45, 2.75) is 12.8 Å². The minimum atomic E-state index is -0.795. The summed E-state index contributed by atoms with van der Waals surface area (Å²) < 4.78 is 13.6. The number of amides is 1. The molecule has 1 aromatic rings. The molecule has 1 saturated heterocycles. The number of hydrogen-bond donors (Lipinski definition) is 2. The van der Waals surface area contributed by atoms with Crippen LogP contribution in [0.1, 0.15) is 12.8 Å². The first kappa shape index (κ1) is 13.4. The Kier molecular flexibility index (Phi) is 4.06. The van der Waals surface area contributed by atoms with Crippen LogP contribution in [0.15, 0.2) is 18.2 Å². The monoisotopic (exact) mass is 267 g/mol. The predicted octanol–water partition coefficient (Wildman–Crippen LogP) is 1.67. The van der Waals surface area contributed by atoms with Gasteiger partial charge in [-0.15, -0.1) is 0 Å². The Bertz CT molecular complexity index is 501. The Morgan fingerprint density at radius 3 is 2.68 bits per heavy atom. The van der Waals surface area contributed by atoms with Crippen molar-refractivity contribution in [2.24, 2.45) is 5.92 Å². The summed E-state index contributed by atoms with van der Waals surface area (Å²) in [5, 5.41) is 16.1. The number of nitro groups is 1. The molecule has 1 aliphatic heterocycles. The van der Waals surface area contributed by atoms with E-state index in [9.17, 15) is 19.3 Å². The summed E-state index contributed by atoms with van der Waals surface area (Å²) in [5.41, 5.74) is -0.355. The first-order chi connectivity index (χ1) is 9.08. The van der Waals surface area contributed by atoms with Crippen LogP contribution in [0.5, 0.6) is 0 Å². The molecule has 0 spiro atoms. The van der Waals surface area contributed by atoms with E-state index in [1.807, 2.05) is 0 Å². The van der Waals surface area contributed by atoms with Crippen molar-refractivity contribution >= 4 is 17.3 Å². The van der Waals surface area contributed by atoms with E-state index in [0.717, 1.165) is 19.2 Å². The van der Waals surface area contributed by atoms with Gasteiger partial charge in [-0.25, -0.2) is 4.39 Å². The normalized spacial score (nSPS) is 16.1. The third-order valence-electron chi connectivity index (χ3n) is 3.13. The molecule has 0 aromatic heterocycles. The maximum atomic E-state index is 13.6. The van der Waals surface area contributed by atoms with Crippen molar-refractivity contribution in [3.05, 3.63) is 34.1 Å². The molecule has 1 aromatic carbocycles. The number of nitrogens with one attached hydrogen (secondary N) is 2. The Morgan fingerprint density at radius 1 is 1.42 bits per heavy atom. The number of benzene rings is 1. The van der Waals surface area contributed by atoms with Crippen LogP contribution in [-0.4, -0.2) is 23.9 Å². The molecule has 0 radical (unpaired) electrons. The number of nitro benzene ring substituents is 1. The van der Waals surface area contributed by atoms with Crippen molar-refractivity contribution < 1.29 is 14.1 Å². The number of hydrogen-bond acceptors (Lipinski definition) is 4. The van der Waals surface area contributed by atoms with Gasteiger partial charge in [-0.1, -0.05) is 0 Å². The molecule has 0 saturated carbocycles. The van der Waals surface area contributed by atoms with Gasteiger partial charge in [0.25, 0.3) is 5.69 Å². The van der Waals surface area contributed by atoms with Crippen LogP contribution in [0.25, 0.3) is 0 Å². The summed E-state index contributed by atoms with van der Waals surface area (Å²) in [6, 6.07) is 3.19. The molecule has 7 heteroatoms. The van der Waals surface area contributed by atoms with E-state index in [0.29, 0.717) is 12.8 Å². The van der Waals surface area contributed by atoms with Crippen LogP contribution in [0.4, 0.5) is 15.8 Å². The highest BCUT2D eigenvalue weighted by Gasteiger charge is 2.22. The van der Waals surface area contributed by atoms with Gasteiger partial charge in [0.15, 0.2) is 5.82 Å². The Morgan fingerprint density at radius 2 is 2.11 bits per heavy atom. The first-order valence-corrected chi connectivity index (χ1v) is 6.03. The van der Waals surface area contributed by atoms with Gasteiger partial charge in [0.1, 0.15) is 0 Å². The lowest BCUT2D eigenvalue weighted by atomic mass is 9.97. The zero-order chi connectivity index (χ0) is 13.8. The molecule has 1 heterocycles. The van der Waals surface area contributed by atoms with E-state index in [1.165, 1.54) is 12.1 Å². The van der Waals surface area contributed by atoms with Crippen molar-refractivity contribution in [1.82, 2.24) is 5.32 Å². The Labute approximate surface area is 109 Å². The number of anilines is 1. The third-order valence-corrected chi connectivity index (χ3v) is 3.13. The molecule has 0 bridgehead atoms. The average molecular weight is 267 g/mol. The van der Waals surface area contributed by atoms with Crippen LogP contribution < -0.4 is 10.6 Å². The summed E-state index contributed by atoms with van der Waals surface area (Å²) in [5.74, 6) is -1.18. The largest absolute Gasteiger partial charge is 0.323 e. The van der Waals surface area contributed by atoms with E-state index >= 15 is 0 Å². The van der Waals surface area contributed by atoms with Crippen molar-refractivity contribution in [3.8, 4) is 0 Å². The fourth-order valence-electron chi connectivity index (χ4n) is 2.04. The highest BCUT2D eigenvalue weighted by Crippen LogP contribution is 2.22. The molecule has 102 valence electrons. The number of non-ortho nitro benzene ring substituents is 1. The van der Waals surface area contributed by atoms with Crippen LogP contribution in [-0.2, 0) is 4.79 Å². The lowest BCUT2D eigenvalue weighted by Crippen LogP contribution is -2.34. The fraction of sp³-hybridized carbons (Fsp3) is 0.417. The standard InChI is InChI=1S/C12H14FN3O3/c13-10-7-9(16(18)19)1-2-11(10)15-12(17)8-3-5-14-6-4-8/h1-2,7-8,14H,3-6H2,(H,15,17). The Balaban J connectivity index is 2.06. The number of rotatable bonds is 3. The molecular weight excluding hydrogens is 253 g/mol. The van der Waals surface area contributed by atoms with Gasteiger partial charge in [-0.3, -0.25) is 14.9 Å². The molecule has 1 fully saturated rings. The molecule has 0 atom stereocenters. The summed E-state index contributed by atoms with van der Waals surface area (Å²) in [7, 11) is 0. The number of carbonyl (C=O) groups is 1. The molecule has 0 unspecified atom stereocenters. The number of halogens is 1. The minimum absolute atomic E-state index is 0.0193. The minimum Gasteiger partial charge on any atom is -0.323 e. The van der Waals surface area contributed by atoms with Gasteiger partial charge in [0.2, 0.25) is 5.91 Å². The SMILES string of the molecule is O=C(Nc1ccc([N+](=O)[O-])cc1F)C1CCNCC1. The molecular formula is C12H14FN3O3. The molecule has 2 rings (SSSR count). The zero-order valence-electron chi connectivity index (χ0n) is 10.2. The lowest BCUT2D eigenvalue weighted by molar-refractivity contribution is -0.385. The molecule has 1 amide bonds. The second kappa shape index (κ2) is 5.75. The van der Waals surface area contributed by atoms with E-state index in [2.05, 4.69) is 10.6 Å². The van der Waals surface area contributed by atoms with Crippen molar-refractivity contribution in [1.29, 1.82) is 0 Å². The quantitative estimate of drug-likeness (QED) is 0.644. The van der Waals surface area contributed by atoms with Gasteiger partial charge >= 0.3 is 0 Å². The van der Waals surface area contributed by atoms with Gasteiger partial charge < -0.3 is 10.6 Å². The van der Waals surface area contributed by atoms with E-state index in [1.54, 1.807) is 0 Å². The number of carbonyl (C=O) groups excluding carboxylic acids is 1. The third kappa shape index (κ3) is 3.25. The van der Waals surface area contributed by atoms with Gasteiger partial charge in [-0.2, -0.15) is 0 Å². The van der Waals surface area contributed by atoms with Crippen LogP contribution in [0, 0.1) is 21.8 Å². The second-order valence-corrected chi connectivity index (χ2v) is 4.43. The second-order valence-electron chi connectivity index (χ2n) is 4.43. The van der Waals surface area contributed by atoms with Gasteiger partial charge in [0, 0.05) is 12.0 Å². The van der Waals surface area contributed by atoms with E-state index < -0.39 is 10.7 Å². The first-order valence-electron chi connectivity index (χ1n) is 6.03. The van der Waals surface area contributed by atoms with Gasteiger partial charge in [0.05, 0.1) is 16.7 Å². The highest BCUT2D eigenvalue weighted by molar-refractivity contribution is 5.92. The zero-order valence-corrected chi connectivity index (χ0v) is 10.2. The number of piperidine rings is 1. The molecule has 1 aliphatic rings. The topological polar surface area (TPSA) is 84.3 Å². The van der Waals surface area contributed by atoms with E-state index in [4.69, 9.17) is 0 Å². The number of nitrogens with zero attached hydrogens (tertiary/aromatic N) is 1. The van der Waals surface area contributed by atoms with Gasteiger partial charge in [-0.05, 0) is 32.0 Å². The van der Waals surface area contributed by atoms with Crippen LogP contribution >= 0.6 is 0 Å². The van der Waals surface area contributed by atoms with Crippen LogP contribution in [0.2, 0.25) is 0 Å². The maximum absolute atomic E-state index is 13.6. The summed E-state index contributed by atoms with van der Waals surface area (Å²) >= 11 is 0.